The minimum atomic E-state index is -0.297. The summed E-state index contributed by atoms with van der Waals surface area (Å²) in [6, 6.07) is 12.7. The Kier molecular flexibility index (Phi) is 8.82. The minimum absolute atomic E-state index is 0.0243. The summed E-state index contributed by atoms with van der Waals surface area (Å²) < 4.78 is 11.7. The summed E-state index contributed by atoms with van der Waals surface area (Å²) in [5, 5.41) is 0.640. The van der Waals surface area contributed by atoms with E-state index >= 15 is 0 Å². The highest BCUT2D eigenvalue weighted by Crippen LogP contribution is 2.40. The smallest absolute Gasteiger partial charge is 0.326 e. The Morgan fingerprint density at radius 1 is 1.05 bits per heavy atom. The van der Waals surface area contributed by atoms with E-state index in [0.717, 1.165) is 24.0 Å². The van der Waals surface area contributed by atoms with Crippen molar-refractivity contribution in [2.24, 2.45) is 4.99 Å². The molecule has 2 aliphatic heterocycles. The van der Waals surface area contributed by atoms with Gasteiger partial charge >= 0.3 is 6.03 Å². The number of carbonyl (C=O) groups excluding carboxylic acids is 2. The highest BCUT2D eigenvalue weighted by atomic mass is 35.5. The van der Waals surface area contributed by atoms with Crippen molar-refractivity contribution in [1.82, 2.24) is 14.7 Å². The van der Waals surface area contributed by atoms with Crippen LogP contribution >= 0.6 is 11.6 Å². The van der Waals surface area contributed by atoms with E-state index in [4.69, 9.17) is 26.1 Å². The maximum Gasteiger partial charge on any atom is 0.326 e. The van der Waals surface area contributed by atoms with Gasteiger partial charge in [0.2, 0.25) is 5.91 Å². The molecular weight excluding hydrogens is 504 g/mol. The Bertz CT molecular complexity index is 1180. The number of methoxy groups -OCH3 is 1. The van der Waals surface area contributed by atoms with Crippen LogP contribution in [0.15, 0.2) is 47.5 Å². The van der Waals surface area contributed by atoms with Crippen LogP contribution < -0.4 is 9.47 Å². The van der Waals surface area contributed by atoms with Gasteiger partial charge in [-0.3, -0.25) is 14.7 Å². The highest BCUT2D eigenvalue weighted by Gasteiger charge is 2.44. The van der Waals surface area contributed by atoms with Crippen molar-refractivity contribution < 1.29 is 19.1 Å². The Balaban J connectivity index is 1.80. The third-order valence-electron chi connectivity index (χ3n) is 6.95. The third kappa shape index (κ3) is 5.90. The first-order valence-corrected chi connectivity index (χ1v) is 13.6. The van der Waals surface area contributed by atoms with Crippen LogP contribution in [0.4, 0.5) is 4.79 Å². The predicted molar refractivity (Wildman–Crippen MR) is 149 cm³/mol. The lowest BCUT2D eigenvalue weighted by molar-refractivity contribution is -0.130. The lowest BCUT2D eigenvalue weighted by atomic mass is 9.96. The predicted octanol–water partition coefficient (Wildman–Crippen LogP) is 5.39. The Morgan fingerprint density at radius 3 is 2.29 bits per heavy atom. The van der Waals surface area contributed by atoms with Crippen LogP contribution in [0.5, 0.6) is 11.5 Å². The lowest BCUT2D eigenvalue weighted by Crippen LogP contribution is -2.55. The fourth-order valence-corrected chi connectivity index (χ4v) is 5.21. The van der Waals surface area contributed by atoms with Crippen LogP contribution in [0.3, 0.4) is 0 Å². The molecule has 0 aliphatic carbocycles. The number of amidine groups is 1. The zero-order valence-corrected chi connectivity index (χ0v) is 23.6. The molecule has 0 spiro atoms. The molecule has 0 aromatic heterocycles. The molecule has 8 nitrogen and oxygen atoms in total. The van der Waals surface area contributed by atoms with E-state index in [1.807, 2.05) is 66.1 Å². The highest BCUT2D eigenvalue weighted by molar-refractivity contribution is 6.30. The number of hydrogen-bond donors (Lipinski definition) is 0. The zero-order valence-electron chi connectivity index (χ0n) is 22.8. The first-order chi connectivity index (χ1) is 18.2. The summed E-state index contributed by atoms with van der Waals surface area (Å²) in [7, 11) is 1.62. The fourth-order valence-electron chi connectivity index (χ4n) is 5.08. The molecule has 0 bridgehead atoms. The van der Waals surface area contributed by atoms with Crippen LogP contribution in [-0.4, -0.2) is 77.9 Å². The van der Waals surface area contributed by atoms with Crippen molar-refractivity contribution >= 4 is 29.4 Å². The van der Waals surface area contributed by atoms with Crippen molar-refractivity contribution in [2.75, 3.05) is 33.3 Å². The van der Waals surface area contributed by atoms with Gasteiger partial charge in [-0.1, -0.05) is 37.1 Å². The third-order valence-corrected chi connectivity index (χ3v) is 7.20. The number of aliphatic imine (C=N–C) groups is 1. The molecule has 2 atom stereocenters. The molecule has 4 rings (SSSR count). The van der Waals surface area contributed by atoms with Gasteiger partial charge in [-0.2, -0.15) is 0 Å². The number of piperazine rings is 1. The van der Waals surface area contributed by atoms with Gasteiger partial charge in [-0.05, 0) is 50.1 Å². The van der Waals surface area contributed by atoms with E-state index in [2.05, 4.69) is 6.92 Å². The van der Waals surface area contributed by atoms with Crippen molar-refractivity contribution in [3.8, 4) is 11.5 Å². The molecule has 38 heavy (non-hydrogen) atoms. The molecule has 0 N–H and O–H groups in total. The number of amides is 3. The summed E-state index contributed by atoms with van der Waals surface area (Å²) in [6.07, 6.45) is 1.66. The molecule has 2 aromatic rings. The zero-order chi connectivity index (χ0) is 27.4. The molecular formula is C29H37ClN4O4. The monoisotopic (exact) mass is 540 g/mol. The number of rotatable bonds is 7. The number of carbonyl (C=O) groups is 2. The van der Waals surface area contributed by atoms with Gasteiger partial charge in [0.25, 0.3) is 0 Å². The van der Waals surface area contributed by atoms with Gasteiger partial charge in [0, 0.05) is 44.2 Å². The van der Waals surface area contributed by atoms with E-state index in [1.165, 1.54) is 0 Å². The van der Waals surface area contributed by atoms with E-state index in [9.17, 15) is 9.59 Å². The number of halogens is 1. The largest absolute Gasteiger partial charge is 0.497 e. The molecule has 1 saturated heterocycles. The van der Waals surface area contributed by atoms with Gasteiger partial charge < -0.3 is 19.3 Å². The standard InChI is InChI=1S/C29H37ClN4O4/c1-6-7-25-27(21-8-10-22(30)11-9-21)34(29(36)33-16-14-32(15-17-33)20(4)35)28(31-25)24-13-12-23(37-5)18-26(24)38-19(2)3/h8-13,18-19,25,27H,6-7,14-17H2,1-5H3/t25-,27+/m1/s1. The number of benzene rings is 2. The van der Waals surface area contributed by atoms with Gasteiger partial charge in [0.1, 0.15) is 17.3 Å². The van der Waals surface area contributed by atoms with Crippen LogP contribution in [0.2, 0.25) is 5.02 Å². The second-order valence-corrected chi connectivity index (χ2v) is 10.4. The summed E-state index contributed by atoms with van der Waals surface area (Å²) in [5.74, 6) is 1.89. The van der Waals surface area contributed by atoms with Crippen molar-refractivity contribution in [2.45, 2.75) is 58.7 Å². The van der Waals surface area contributed by atoms with Crippen LogP contribution in [0, 0.1) is 0 Å². The SMILES string of the molecule is CCC[C@H]1N=C(c2ccc(OC)cc2OC(C)C)N(C(=O)N2CCN(C(C)=O)CC2)[C@H]1c1ccc(Cl)cc1. The Labute approximate surface area is 230 Å². The summed E-state index contributed by atoms with van der Waals surface area (Å²) in [4.78, 5) is 36.8. The topological polar surface area (TPSA) is 74.7 Å². The average molecular weight is 541 g/mol. The maximum atomic E-state index is 14.3. The lowest BCUT2D eigenvalue weighted by Gasteiger charge is -2.39. The van der Waals surface area contributed by atoms with Gasteiger partial charge in [-0.25, -0.2) is 4.79 Å². The van der Waals surface area contributed by atoms with Crippen molar-refractivity contribution in [1.29, 1.82) is 0 Å². The van der Waals surface area contributed by atoms with E-state index in [1.54, 1.807) is 18.9 Å². The first-order valence-electron chi connectivity index (χ1n) is 13.3. The Hall–Kier alpha value is -3.26. The van der Waals surface area contributed by atoms with Crippen molar-refractivity contribution in [3.63, 3.8) is 0 Å². The van der Waals surface area contributed by atoms with Gasteiger partial charge in [-0.15, -0.1) is 0 Å². The summed E-state index contributed by atoms with van der Waals surface area (Å²) in [6.45, 7) is 9.57. The molecule has 1 fully saturated rings. The number of nitrogens with zero attached hydrogens (tertiary/aromatic N) is 4. The molecule has 3 amide bonds. The normalized spacial score (nSPS) is 19.6. The van der Waals surface area contributed by atoms with E-state index in [-0.39, 0.29) is 30.1 Å². The van der Waals surface area contributed by atoms with E-state index < -0.39 is 0 Å². The second kappa shape index (κ2) is 12.1. The minimum Gasteiger partial charge on any atom is -0.497 e. The molecule has 2 heterocycles. The van der Waals surface area contributed by atoms with Crippen LogP contribution in [0.1, 0.15) is 57.7 Å². The molecule has 0 saturated carbocycles. The number of urea groups is 1. The quantitative estimate of drug-likeness (QED) is 0.472. The summed E-state index contributed by atoms with van der Waals surface area (Å²) >= 11 is 6.22. The van der Waals surface area contributed by atoms with E-state index in [0.29, 0.717) is 48.5 Å². The molecule has 9 heteroatoms. The molecule has 2 aromatic carbocycles. The first kappa shape index (κ1) is 27.8. The molecule has 0 radical (unpaired) electrons. The van der Waals surface area contributed by atoms with Crippen LogP contribution in [-0.2, 0) is 4.79 Å². The van der Waals surface area contributed by atoms with Gasteiger partial charge in [0.15, 0.2) is 0 Å². The maximum absolute atomic E-state index is 14.3. The Morgan fingerprint density at radius 2 is 1.71 bits per heavy atom. The molecule has 0 unspecified atom stereocenters. The van der Waals surface area contributed by atoms with Gasteiger partial charge in [0.05, 0.1) is 30.9 Å². The molecule has 204 valence electrons. The van der Waals surface area contributed by atoms with Crippen molar-refractivity contribution in [3.05, 3.63) is 58.6 Å². The fraction of sp³-hybridized carbons (Fsp3) is 0.483. The second-order valence-electron chi connectivity index (χ2n) is 9.98. The number of hydrogen-bond acceptors (Lipinski definition) is 5. The number of ether oxygens (including phenoxy) is 2. The molecule has 2 aliphatic rings. The van der Waals surface area contributed by atoms with Crippen LogP contribution in [0.25, 0.3) is 0 Å². The average Bonchev–Trinajstić information content (AvgIpc) is 3.27. The summed E-state index contributed by atoms with van der Waals surface area (Å²) in [5.41, 5.74) is 1.72.